The molecule has 0 saturated carbocycles. The van der Waals surface area contributed by atoms with Crippen LogP contribution in [-0.2, 0) is 14.3 Å². The van der Waals surface area contributed by atoms with Gasteiger partial charge in [0.2, 0.25) is 0 Å². The molecule has 0 spiro atoms. The summed E-state index contributed by atoms with van der Waals surface area (Å²) >= 11 is 0. The van der Waals surface area contributed by atoms with Gasteiger partial charge in [-0.15, -0.1) is 0 Å². The van der Waals surface area contributed by atoms with Gasteiger partial charge < -0.3 is 20.3 Å². The van der Waals surface area contributed by atoms with Crippen molar-refractivity contribution in [2.45, 2.75) is 19.4 Å². The second-order valence-corrected chi connectivity index (χ2v) is 6.56. The molecule has 1 aliphatic rings. The number of para-hydroxylation sites is 1. The maximum absolute atomic E-state index is 13.1. The standard InChI is InChI=1S/C21H20N2O6/c1-3-29-20(28)21(2)12-16(18(25)23(21)14-7-5-4-6-8-14)22-13-9-10-15(19(26)27)17(24)11-13/h4-12,22,24H,3H2,1-2H3,(H,26,27). The Hall–Kier alpha value is -3.81. The van der Waals surface area contributed by atoms with Gasteiger partial charge in [-0.1, -0.05) is 18.2 Å². The molecule has 2 aromatic carbocycles. The molecule has 1 atom stereocenters. The number of benzene rings is 2. The Balaban J connectivity index is 1.99. The van der Waals surface area contributed by atoms with Gasteiger partial charge in [0, 0.05) is 17.4 Å². The Bertz CT molecular complexity index is 1000. The molecular weight excluding hydrogens is 376 g/mol. The number of esters is 1. The van der Waals surface area contributed by atoms with Crippen LogP contribution in [0.1, 0.15) is 24.2 Å². The minimum atomic E-state index is -1.38. The van der Waals surface area contributed by atoms with Crippen molar-refractivity contribution in [3.05, 3.63) is 65.9 Å². The number of phenols is 1. The molecule has 0 radical (unpaired) electrons. The van der Waals surface area contributed by atoms with Crippen molar-refractivity contribution >= 4 is 29.2 Å². The van der Waals surface area contributed by atoms with Crippen LogP contribution in [0.4, 0.5) is 11.4 Å². The van der Waals surface area contributed by atoms with Gasteiger partial charge in [0.15, 0.2) is 5.54 Å². The van der Waals surface area contributed by atoms with E-state index in [1.54, 1.807) is 44.2 Å². The highest BCUT2D eigenvalue weighted by Gasteiger charge is 2.49. The number of anilines is 2. The Morgan fingerprint density at radius 2 is 1.86 bits per heavy atom. The van der Waals surface area contributed by atoms with Crippen molar-refractivity contribution < 1.29 is 29.3 Å². The molecule has 0 aliphatic carbocycles. The van der Waals surface area contributed by atoms with E-state index in [1.165, 1.54) is 29.2 Å². The van der Waals surface area contributed by atoms with E-state index in [-0.39, 0.29) is 17.9 Å². The van der Waals surface area contributed by atoms with Crippen LogP contribution in [-0.4, -0.2) is 40.2 Å². The Labute approximate surface area is 167 Å². The summed E-state index contributed by atoms with van der Waals surface area (Å²) in [4.78, 5) is 38.2. The van der Waals surface area contributed by atoms with Crippen LogP contribution in [0.25, 0.3) is 0 Å². The molecule has 150 valence electrons. The van der Waals surface area contributed by atoms with E-state index in [0.29, 0.717) is 11.4 Å². The fourth-order valence-electron chi connectivity index (χ4n) is 3.16. The summed E-state index contributed by atoms with van der Waals surface area (Å²) in [6, 6.07) is 12.6. The Kier molecular flexibility index (Phi) is 5.27. The molecule has 8 nitrogen and oxygen atoms in total. The average molecular weight is 396 g/mol. The summed E-state index contributed by atoms with van der Waals surface area (Å²) in [6.07, 6.45) is 1.46. The number of carbonyl (C=O) groups excluding carboxylic acids is 2. The molecule has 1 aliphatic heterocycles. The summed E-state index contributed by atoms with van der Waals surface area (Å²) in [7, 11) is 0. The van der Waals surface area contributed by atoms with Gasteiger partial charge in [0.1, 0.15) is 17.0 Å². The fourth-order valence-corrected chi connectivity index (χ4v) is 3.16. The van der Waals surface area contributed by atoms with Crippen LogP contribution in [0.3, 0.4) is 0 Å². The number of hydrogen-bond acceptors (Lipinski definition) is 6. The smallest absolute Gasteiger partial charge is 0.339 e. The lowest BCUT2D eigenvalue weighted by atomic mass is 10.0. The predicted octanol–water partition coefficient (Wildman–Crippen LogP) is 2.75. The minimum Gasteiger partial charge on any atom is -0.507 e. The molecule has 0 aromatic heterocycles. The SMILES string of the molecule is CCOC(=O)C1(C)C=C(Nc2ccc(C(=O)O)c(O)c2)C(=O)N1c1ccccc1. The first kappa shape index (κ1) is 19.9. The summed E-state index contributed by atoms with van der Waals surface area (Å²) < 4.78 is 5.18. The lowest BCUT2D eigenvalue weighted by Crippen LogP contribution is -2.51. The molecule has 3 N–H and O–H groups in total. The molecular formula is C21H20N2O6. The van der Waals surface area contributed by atoms with Crippen molar-refractivity contribution in [2.24, 2.45) is 0 Å². The van der Waals surface area contributed by atoms with Gasteiger partial charge in [-0.05, 0) is 44.2 Å². The number of carboxylic acid groups (broad SMARTS) is 1. The summed E-state index contributed by atoms with van der Waals surface area (Å²) in [5, 5.41) is 21.8. The van der Waals surface area contributed by atoms with Crippen molar-refractivity contribution in [1.82, 2.24) is 0 Å². The van der Waals surface area contributed by atoms with E-state index < -0.39 is 29.1 Å². The average Bonchev–Trinajstić information content (AvgIpc) is 2.93. The summed E-state index contributed by atoms with van der Waals surface area (Å²) in [5.74, 6) is -2.76. The first-order valence-electron chi connectivity index (χ1n) is 8.91. The number of ether oxygens (including phenoxy) is 1. The Morgan fingerprint density at radius 3 is 2.45 bits per heavy atom. The number of carboxylic acids is 1. The molecule has 8 heteroatoms. The number of nitrogens with one attached hydrogen (secondary N) is 1. The van der Waals surface area contributed by atoms with Gasteiger partial charge in [-0.3, -0.25) is 9.69 Å². The molecule has 2 aromatic rings. The molecule has 0 bridgehead atoms. The number of aromatic hydroxyl groups is 1. The minimum absolute atomic E-state index is 0.104. The van der Waals surface area contributed by atoms with E-state index in [9.17, 15) is 19.5 Å². The zero-order valence-corrected chi connectivity index (χ0v) is 15.9. The van der Waals surface area contributed by atoms with Gasteiger partial charge >= 0.3 is 11.9 Å². The van der Waals surface area contributed by atoms with E-state index in [2.05, 4.69) is 5.32 Å². The molecule has 0 fully saturated rings. The fraction of sp³-hybridized carbons (Fsp3) is 0.190. The lowest BCUT2D eigenvalue weighted by Gasteiger charge is -2.32. The monoisotopic (exact) mass is 396 g/mol. The lowest BCUT2D eigenvalue weighted by molar-refractivity contribution is -0.147. The second-order valence-electron chi connectivity index (χ2n) is 6.56. The van der Waals surface area contributed by atoms with Crippen LogP contribution in [0.5, 0.6) is 5.75 Å². The molecule has 1 amide bonds. The van der Waals surface area contributed by atoms with E-state index in [1.807, 2.05) is 0 Å². The number of carbonyl (C=O) groups is 3. The maximum atomic E-state index is 13.1. The third kappa shape index (κ3) is 3.64. The largest absolute Gasteiger partial charge is 0.507 e. The van der Waals surface area contributed by atoms with Gasteiger partial charge in [-0.25, -0.2) is 9.59 Å². The third-order valence-corrected chi connectivity index (χ3v) is 4.53. The van der Waals surface area contributed by atoms with Crippen LogP contribution in [0.15, 0.2) is 60.3 Å². The number of nitrogens with zero attached hydrogens (tertiary/aromatic N) is 1. The number of amides is 1. The van der Waals surface area contributed by atoms with Crippen molar-refractivity contribution in [1.29, 1.82) is 0 Å². The van der Waals surface area contributed by atoms with E-state index >= 15 is 0 Å². The summed E-state index contributed by atoms with van der Waals surface area (Å²) in [5.41, 5.74) is -0.713. The van der Waals surface area contributed by atoms with Crippen LogP contribution >= 0.6 is 0 Å². The number of rotatable bonds is 6. The van der Waals surface area contributed by atoms with Crippen molar-refractivity contribution in [2.75, 3.05) is 16.8 Å². The van der Waals surface area contributed by atoms with Crippen LogP contribution < -0.4 is 10.2 Å². The molecule has 1 heterocycles. The maximum Gasteiger partial charge on any atom is 0.339 e. The highest BCUT2D eigenvalue weighted by molar-refractivity contribution is 6.16. The van der Waals surface area contributed by atoms with Crippen molar-refractivity contribution in [3.8, 4) is 5.75 Å². The number of hydrogen-bond donors (Lipinski definition) is 3. The summed E-state index contributed by atoms with van der Waals surface area (Å²) in [6.45, 7) is 3.42. The van der Waals surface area contributed by atoms with Gasteiger partial charge in [0.25, 0.3) is 5.91 Å². The molecule has 3 rings (SSSR count). The zero-order chi connectivity index (χ0) is 21.2. The normalized spacial score (nSPS) is 18.3. The predicted molar refractivity (Wildman–Crippen MR) is 106 cm³/mol. The molecule has 29 heavy (non-hydrogen) atoms. The van der Waals surface area contributed by atoms with Gasteiger partial charge in [0.05, 0.1) is 6.61 Å². The molecule has 1 unspecified atom stereocenters. The quantitative estimate of drug-likeness (QED) is 0.643. The highest BCUT2D eigenvalue weighted by Crippen LogP contribution is 2.35. The topological polar surface area (TPSA) is 116 Å². The Morgan fingerprint density at radius 1 is 1.17 bits per heavy atom. The van der Waals surface area contributed by atoms with Crippen LogP contribution in [0, 0.1) is 0 Å². The highest BCUT2D eigenvalue weighted by atomic mass is 16.5. The van der Waals surface area contributed by atoms with E-state index in [0.717, 1.165) is 0 Å². The van der Waals surface area contributed by atoms with Crippen LogP contribution in [0.2, 0.25) is 0 Å². The third-order valence-electron chi connectivity index (χ3n) is 4.53. The molecule has 0 saturated heterocycles. The first-order chi connectivity index (χ1) is 13.8. The van der Waals surface area contributed by atoms with Crippen molar-refractivity contribution in [3.63, 3.8) is 0 Å². The van der Waals surface area contributed by atoms with E-state index in [4.69, 9.17) is 9.84 Å². The second kappa shape index (κ2) is 7.67. The van der Waals surface area contributed by atoms with Gasteiger partial charge in [-0.2, -0.15) is 0 Å². The first-order valence-corrected chi connectivity index (χ1v) is 8.91. The zero-order valence-electron chi connectivity index (χ0n) is 15.9. The number of aromatic carboxylic acids is 1.